The van der Waals surface area contributed by atoms with Crippen LogP contribution in [0.3, 0.4) is 0 Å². The largest absolute Gasteiger partial charge is 0.469 e. The zero-order valence-corrected chi connectivity index (χ0v) is 87.3. The van der Waals surface area contributed by atoms with E-state index in [0.717, 1.165) is 0 Å². The number of nitrogens with one attached hydrogen (secondary N) is 8. The van der Waals surface area contributed by atoms with E-state index in [1.54, 1.807) is 132 Å². The lowest BCUT2D eigenvalue weighted by atomic mass is 9.95. The Hall–Kier alpha value is -6.25. The van der Waals surface area contributed by atoms with Gasteiger partial charge in [0.25, 0.3) is 0 Å². The van der Waals surface area contributed by atoms with Crippen LogP contribution in [0.4, 0.5) is 4.79 Å². The molecule has 0 aliphatic carbocycles. The summed E-state index contributed by atoms with van der Waals surface area (Å²) in [7, 11) is 12.4. The molecule has 0 radical (unpaired) electrons. The van der Waals surface area contributed by atoms with Crippen LogP contribution in [0.1, 0.15) is 183 Å². The van der Waals surface area contributed by atoms with Crippen molar-refractivity contribution < 1.29 is 204 Å². The minimum atomic E-state index is -1.46. The summed E-state index contributed by atoms with van der Waals surface area (Å²) < 4.78 is 212. The second-order valence-corrected chi connectivity index (χ2v) is 43.8. The molecule has 8 unspecified atom stereocenters. The Morgan fingerprint density at radius 3 is 0.490 bits per heavy atom. The number of hydrogen-bond acceptors (Lipinski definition) is 43. The van der Waals surface area contributed by atoms with Gasteiger partial charge in [-0.25, -0.2) is 4.79 Å². The number of methoxy groups -OCH3 is 9. The van der Waals surface area contributed by atoms with Gasteiger partial charge in [-0.1, -0.05) is 0 Å². The van der Waals surface area contributed by atoms with E-state index in [9.17, 15) is 9.59 Å². The lowest BCUT2D eigenvalue weighted by Crippen LogP contribution is -2.58. The fraction of sp³-hybridized carbons (Fsp3) is 0.904. The molecule has 145 heavy (non-hydrogen) atoms. The molecule has 0 saturated carbocycles. The van der Waals surface area contributed by atoms with Gasteiger partial charge in [0.2, 0.25) is 41.4 Å². The summed E-state index contributed by atoms with van der Waals surface area (Å²) in [6, 6.07) is -10.8. The highest BCUT2D eigenvalue weighted by Crippen LogP contribution is 2.50. The van der Waals surface area contributed by atoms with Crippen LogP contribution in [-0.2, 0) is 199 Å². The molecule has 0 aromatic heterocycles. The lowest BCUT2D eigenvalue weighted by Gasteiger charge is -2.35. The molecule has 16 saturated heterocycles. The second kappa shape index (κ2) is 43.0. The Morgan fingerprint density at radius 2 is 0.359 bits per heavy atom. The first-order valence-electron chi connectivity index (χ1n) is 49.4. The van der Waals surface area contributed by atoms with Crippen molar-refractivity contribution >= 4 is 53.4 Å². The van der Waals surface area contributed by atoms with Crippen LogP contribution < -0.4 is 42.5 Å². The fourth-order valence-corrected chi connectivity index (χ4v) is 22.7. The Balaban J connectivity index is 0.683. The number of esters is 1. The van der Waals surface area contributed by atoms with Gasteiger partial charge in [-0.05, 0) is 132 Å². The molecular weight excluding hydrogens is 1930 g/mol. The first-order valence-corrected chi connectivity index (χ1v) is 49.4. The van der Waals surface area contributed by atoms with Crippen LogP contribution in [0.2, 0.25) is 0 Å². The first-order chi connectivity index (χ1) is 67.9. The molecule has 822 valence electrons. The molecule has 16 fully saturated rings. The third kappa shape index (κ3) is 24.7. The Morgan fingerprint density at radius 1 is 0.221 bits per heavy atom. The summed E-state index contributed by atoms with van der Waals surface area (Å²) >= 11 is 0. The minimum Gasteiger partial charge on any atom is -0.469 e. The van der Waals surface area contributed by atoms with Crippen LogP contribution >= 0.6 is 0 Å². The highest BCUT2D eigenvalue weighted by atomic mass is 16.9. The van der Waals surface area contributed by atoms with Gasteiger partial charge in [0, 0.05) is 102 Å². The van der Waals surface area contributed by atoms with E-state index in [1.807, 2.05) is 0 Å². The monoisotopic (exact) mass is 2080 g/mol. The number of amides is 8. The topological polar surface area (TPSA) is 564 Å². The predicted octanol–water partition coefficient (Wildman–Crippen LogP) is -0.302. The zero-order valence-electron chi connectivity index (χ0n) is 87.3. The molecule has 16 aliphatic rings. The van der Waals surface area contributed by atoms with Crippen LogP contribution in [0, 0.1) is 0 Å². The fourth-order valence-electron chi connectivity index (χ4n) is 22.7. The molecule has 16 rings (SSSR count). The van der Waals surface area contributed by atoms with Crippen LogP contribution in [0.5, 0.6) is 0 Å². The summed E-state index contributed by atoms with van der Waals surface area (Å²) in [5, 5.41) is 23.8. The maximum Gasteiger partial charge on any atom is 0.407 e. The first kappa shape index (κ1) is 111. The minimum absolute atomic E-state index is 0.416. The van der Waals surface area contributed by atoms with Crippen molar-refractivity contribution in [3.8, 4) is 0 Å². The molecule has 40 atom stereocenters. The Kier molecular flexibility index (Phi) is 33.0. The summed E-state index contributed by atoms with van der Waals surface area (Å²) in [6.07, 6.45) is -39.4. The molecule has 8 amide bonds. The van der Waals surface area contributed by atoms with Gasteiger partial charge in [-0.2, -0.15) is 0 Å². The number of ether oxygens (including phenoxy) is 34. The molecule has 0 bridgehead atoms. The summed E-state index contributed by atoms with van der Waals surface area (Å²) in [5.41, 5.74) is -0.994. The molecule has 8 N–H and O–H groups in total. The maximum atomic E-state index is 16.0. The highest BCUT2D eigenvalue weighted by molar-refractivity contribution is 5.85. The van der Waals surface area contributed by atoms with Crippen molar-refractivity contribution in [2.45, 2.75) is 480 Å². The quantitative estimate of drug-likeness (QED) is 0.0365. The third-order valence-electron chi connectivity index (χ3n) is 28.1. The van der Waals surface area contributed by atoms with Gasteiger partial charge in [-0.3, -0.25) is 38.4 Å². The van der Waals surface area contributed by atoms with E-state index in [0.29, 0.717) is 0 Å². The Bertz CT molecular complexity index is 4510. The normalized spacial score (nSPS) is 40.1. The number of carbonyl (C=O) groups is 9. The Labute approximate surface area is 840 Å². The van der Waals surface area contributed by atoms with Crippen molar-refractivity contribution in [3.05, 3.63) is 0 Å². The summed E-state index contributed by atoms with van der Waals surface area (Å²) in [4.78, 5) is 136. The molecule has 0 aromatic rings. The lowest BCUT2D eigenvalue weighted by molar-refractivity contribution is -0.221. The van der Waals surface area contributed by atoms with Crippen LogP contribution in [-0.4, -0.2) is 414 Å². The average Bonchev–Trinajstić information content (AvgIpc) is 1.63. The number of rotatable bonds is 40. The van der Waals surface area contributed by atoms with Gasteiger partial charge in [0.15, 0.2) is 96.6 Å². The number of carbonyl (C=O) groups excluding carboxylic acids is 9. The van der Waals surface area contributed by atoms with Gasteiger partial charge < -0.3 is 204 Å². The smallest absolute Gasteiger partial charge is 0.407 e. The average molecular weight is 2080 g/mol. The standard InChI is InChI=1S/C94H148N8O43/c1-86(2,3)145-85(111)102-43(59-67(119-27)75-83(127-59)143-93(16,17)135-75)35-51(109)100-41(57-65(117-25)73-81(125-57)141-91(12,13)133-73)33-49(107)98-39(55-63(115-23)71-79(123-55)139-89(8,9)131-71)31-47(105)96-37(53-61(113-21)69-77(121-53)137-87(4,5)129-69)29-45(103)95-38(54-62(114-22)70-78(122-54)138-88(6,7)130-70)30-46(104)97-40(56-64(116-24)72-80(124-56)140-90(10,11)132-72)32-48(106)99-42(58-66(118-26)74-82(126-58)142-92(14,15)134-74)34-50(108)101-44(36-52(110)112-20)60-68(120-28)76-84(128-60)144-94(18,19)136-76/h37-44,53-84H,29-36H2,1-28H3,(H,95,103)(H,96,105)(H,97,104)(H,98,107)(H,99,106)(H,100,109)(H,101,108)(H,102,111)/t37?,38?,39?,40?,41?,42?,43?,44?,53-,54+,55+,56-,57-,58+,59+,60-,61+,62+,63+,64+,65+,66+,67+,68+,69-,70-,71-,72-,73-,74-,75-,76-,77-,78-,79-,80-,81-,82-,83-,84-/m1/s1. The van der Waals surface area contributed by atoms with Crippen molar-refractivity contribution in [2.24, 2.45) is 0 Å². The van der Waals surface area contributed by atoms with Crippen molar-refractivity contribution in [3.63, 3.8) is 0 Å². The molecule has 0 spiro atoms. The molecule has 0 aromatic carbocycles. The third-order valence-corrected chi connectivity index (χ3v) is 28.1. The molecule has 51 heteroatoms. The van der Waals surface area contributed by atoms with Gasteiger partial charge in [-0.15, -0.1) is 0 Å². The van der Waals surface area contributed by atoms with Crippen molar-refractivity contribution in [2.75, 3.05) is 64.0 Å². The molecule has 16 aliphatic heterocycles. The van der Waals surface area contributed by atoms with E-state index in [2.05, 4.69) is 42.5 Å². The van der Waals surface area contributed by atoms with Gasteiger partial charge in [0.05, 0.1) is 61.9 Å². The van der Waals surface area contributed by atoms with Gasteiger partial charge >= 0.3 is 12.1 Å². The maximum absolute atomic E-state index is 16.0. The van der Waals surface area contributed by atoms with E-state index in [1.165, 1.54) is 64.0 Å². The SMILES string of the molecule is COC(=O)CC(NC(=O)CC(NC(=O)CC(NC(=O)CC(NC(=O)CC(NC(=O)CC(NC(=O)CC(NC(=O)CC(NC(=O)OC(C)(C)C)[C@@H]1O[C@@H]2OC(C)(C)O[C@@H]2[C@H]1OC)[C@H]1O[C@@H]2OC(C)(C)O[C@@H]2[C@H]1OC)[C@@H]1O[C@@H]2OC(C)(C)O[C@@H]2[C@H]1OC)[C@H]1O[C@@H]2OC(C)(C)O[C@@H]2[C@H]1OC)[C@@H]1O[C@@H]2OC(C)(C)O[C@@H]2[C@H]1OC)[C@H]1O[C@@H]2OC(C)(C)O[C@@H]2[C@H]1OC)[C@@H]1O[C@@H]2OC(C)(C)O[C@@H]2[C@H]1OC)[C@H]1O[C@@H]2OC(C)(C)O[C@@H]2[C@H]1OC. The summed E-state index contributed by atoms with van der Waals surface area (Å²) in [6.45, 7) is 31.9. The van der Waals surface area contributed by atoms with E-state index in [4.69, 9.17) is 161 Å². The van der Waals surface area contributed by atoms with Crippen molar-refractivity contribution in [1.82, 2.24) is 42.5 Å². The highest BCUT2D eigenvalue weighted by Gasteiger charge is 2.67. The summed E-state index contributed by atoms with van der Waals surface area (Å²) in [5.74, 6) is -15.7. The molecule has 51 nitrogen and oxygen atoms in total. The number of hydrogen-bond donors (Lipinski definition) is 8. The van der Waals surface area contributed by atoms with E-state index >= 15 is 33.6 Å². The van der Waals surface area contributed by atoms with E-state index in [-0.39, 0.29) is 0 Å². The van der Waals surface area contributed by atoms with Crippen LogP contribution in [0.25, 0.3) is 0 Å². The molecule has 16 heterocycles. The number of fused-ring (bicyclic) bond motifs is 8. The zero-order chi connectivity index (χ0) is 105. The number of alkyl carbamates (subject to hydrolysis) is 1. The van der Waals surface area contributed by atoms with Crippen LogP contribution in [0.15, 0.2) is 0 Å². The van der Waals surface area contributed by atoms with E-state index < -0.39 is 402 Å². The second-order valence-electron chi connectivity index (χ2n) is 43.8. The van der Waals surface area contributed by atoms with Gasteiger partial charge in [0.1, 0.15) is 152 Å². The molecular formula is C94H148N8O43. The van der Waals surface area contributed by atoms with Crippen molar-refractivity contribution in [1.29, 1.82) is 0 Å². The predicted molar refractivity (Wildman–Crippen MR) is 482 cm³/mol.